The van der Waals surface area contributed by atoms with Crippen molar-refractivity contribution >= 4 is 24.0 Å². The number of nitrogens with one attached hydrogen (secondary N) is 1. The minimum atomic E-state index is 0. The van der Waals surface area contributed by atoms with Gasteiger partial charge in [0.05, 0.1) is 18.2 Å². The van der Waals surface area contributed by atoms with Gasteiger partial charge in [0, 0.05) is 30.2 Å². The molecule has 4 rings (SSSR count). The normalized spacial score (nSPS) is 17.8. The number of hydrogen-bond acceptors (Lipinski definition) is 7. The molecule has 1 fully saturated rings. The van der Waals surface area contributed by atoms with E-state index in [1.54, 1.807) is 18.4 Å². The lowest BCUT2D eigenvalue weighted by molar-refractivity contribution is 0.190. The summed E-state index contributed by atoms with van der Waals surface area (Å²) < 4.78 is 10.9. The first kappa shape index (κ1) is 18.8. The van der Waals surface area contributed by atoms with E-state index in [0.717, 1.165) is 30.9 Å². The molecule has 1 aliphatic rings. The van der Waals surface area contributed by atoms with Crippen molar-refractivity contribution in [3.8, 4) is 11.5 Å². The second kappa shape index (κ2) is 8.18. The molecule has 3 heterocycles. The minimum absolute atomic E-state index is 0. The third-order valence-electron chi connectivity index (χ3n) is 4.27. The quantitative estimate of drug-likeness (QED) is 0.726. The Bertz CT molecular complexity index is 849. The zero-order valence-electron chi connectivity index (χ0n) is 14.2. The van der Waals surface area contributed by atoms with Crippen molar-refractivity contribution in [3.05, 3.63) is 53.0 Å². The van der Waals surface area contributed by atoms with Crippen molar-refractivity contribution < 1.29 is 8.94 Å². The van der Waals surface area contributed by atoms with Gasteiger partial charge in [0.15, 0.2) is 5.82 Å². The summed E-state index contributed by atoms with van der Waals surface area (Å²) in [5, 5.41) is 8.15. The Hall–Kier alpha value is -1.93. The molecule has 0 saturated carbocycles. The minimum Gasteiger partial charge on any atom is -0.444 e. The zero-order chi connectivity index (χ0) is 17.2. The van der Waals surface area contributed by atoms with E-state index >= 15 is 0 Å². The van der Waals surface area contributed by atoms with Crippen LogP contribution < -0.4 is 5.32 Å². The second-order valence-corrected chi connectivity index (χ2v) is 6.51. The van der Waals surface area contributed by atoms with Gasteiger partial charge in [-0.05, 0) is 31.3 Å². The molecule has 0 bridgehead atoms. The number of rotatable bonds is 4. The molecule has 1 atom stereocenters. The van der Waals surface area contributed by atoms with E-state index in [4.69, 9.17) is 20.5 Å². The Morgan fingerprint density at radius 3 is 2.85 bits per heavy atom. The smallest absolute Gasteiger partial charge is 0.232 e. The maximum absolute atomic E-state index is 5.90. The molecule has 1 unspecified atom stereocenters. The lowest BCUT2D eigenvalue weighted by Crippen LogP contribution is -2.44. The molecule has 0 spiro atoms. The largest absolute Gasteiger partial charge is 0.444 e. The third-order valence-corrected chi connectivity index (χ3v) is 4.52. The van der Waals surface area contributed by atoms with Crippen molar-refractivity contribution in [2.75, 3.05) is 26.7 Å². The van der Waals surface area contributed by atoms with Gasteiger partial charge in [0.2, 0.25) is 11.8 Å². The lowest BCUT2D eigenvalue weighted by Gasteiger charge is -2.30. The fourth-order valence-corrected chi connectivity index (χ4v) is 2.96. The molecule has 1 N–H and O–H groups in total. The first-order valence-corrected chi connectivity index (χ1v) is 8.50. The maximum Gasteiger partial charge on any atom is 0.232 e. The molecular formula is C17H19Cl2N5O2. The maximum atomic E-state index is 5.90. The Morgan fingerprint density at radius 2 is 2.08 bits per heavy atom. The first-order valence-electron chi connectivity index (χ1n) is 8.13. The average Bonchev–Trinajstić information content (AvgIpc) is 3.26. The van der Waals surface area contributed by atoms with Crippen LogP contribution in [-0.4, -0.2) is 46.7 Å². The molecule has 1 aliphatic heterocycles. The van der Waals surface area contributed by atoms with E-state index in [1.165, 1.54) is 0 Å². The van der Waals surface area contributed by atoms with E-state index in [1.807, 2.05) is 12.1 Å². The fourth-order valence-electron chi connectivity index (χ4n) is 2.84. The summed E-state index contributed by atoms with van der Waals surface area (Å²) in [7, 11) is 2.07. The van der Waals surface area contributed by atoms with Crippen LogP contribution in [0.2, 0.25) is 5.02 Å². The molecule has 2 aromatic heterocycles. The highest BCUT2D eigenvalue weighted by Gasteiger charge is 2.25. The van der Waals surface area contributed by atoms with Gasteiger partial charge >= 0.3 is 0 Å². The van der Waals surface area contributed by atoms with Crippen molar-refractivity contribution in [1.29, 1.82) is 0 Å². The summed E-state index contributed by atoms with van der Waals surface area (Å²) in [6.07, 6.45) is 2.05. The van der Waals surface area contributed by atoms with Gasteiger partial charge in [-0.3, -0.25) is 4.90 Å². The van der Waals surface area contributed by atoms with Gasteiger partial charge in [-0.15, -0.1) is 12.4 Å². The van der Waals surface area contributed by atoms with Gasteiger partial charge in [-0.1, -0.05) is 16.8 Å². The fraction of sp³-hybridized carbons (Fsp3) is 0.353. The first-order chi connectivity index (χ1) is 12.2. The number of hydrogen-bond donors (Lipinski definition) is 1. The molecule has 9 heteroatoms. The Labute approximate surface area is 162 Å². The van der Waals surface area contributed by atoms with Crippen LogP contribution in [0.25, 0.3) is 11.5 Å². The molecule has 138 valence electrons. The molecule has 26 heavy (non-hydrogen) atoms. The SMILES string of the molecule is CN1CCNCC1c1noc(Cc2coc(-c3ccc(Cl)cc3)n2)n1.Cl. The van der Waals surface area contributed by atoms with Gasteiger partial charge in [0.1, 0.15) is 6.26 Å². The van der Waals surface area contributed by atoms with Gasteiger partial charge in [-0.25, -0.2) is 4.98 Å². The molecule has 3 aromatic rings. The average molecular weight is 396 g/mol. The van der Waals surface area contributed by atoms with Gasteiger partial charge in [0.25, 0.3) is 0 Å². The summed E-state index contributed by atoms with van der Waals surface area (Å²) >= 11 is 5.90. The summed E-state index contributed by atoms with van der Waals surface area (Å²) in [4.78, 5) is 11.2. The molecular weight excluding hydrogens is 377 g/mol. The summed E-state index contributed by atoms with van der Waals surface area (Å²) in [6.45, 7) is 2.76. The zero-order valence-corrected chi connectivity index (χ0v) is 15.8. The molecule has 1 aromatic carbocycles. The number of oxazole rings is 1. The van der Waals surface area contributed by atoms with Crippen LogP contribution in [0, 0.1) is 0 Å². The molecule has 0 amide bonds. The van der Waals surface area contributed by atoms with E-state index in [0.29, 0.717) is 29.0 Å². The van der Waals surface area contributed by atoms with Gasteiger partial charge in [-0.2, -0.15) is 4.98 Å². The van der Waals surface area contributed by atoms with E-state index in [2.05, 4.69) is 32.4 Å². The monoisotopic (exact) mass is 395 g/mol. The number of likely N-dealkylation sites (N-methyl/N-ethyl adjacent to an activating group) is 1. The van der Waals surface area contributed by atoms with Crippen LogP contribution in [-0.2, 0) is 6.42 Å². The van der Waals surface area contributed by atoms with Crippen molar-refractivity contribution in [3.63, 3.8) is 0 Å². The molecule has 1 saturated heterocycles. The lowest BCUT2D eigenvalue weighted by atomic mass is 10.2. The highest BCUT2D eigenvalue weighted by atomic mass is 35.5. The molecule has 7 nitrogen and oxygen atoms in total. The number of piperazine rings is 1. The Morgan fingerprint density at radius 1 is 1.27 bits per heavy atom. The number of aromatic nitrogens is 3. The topological polar surface area (TPSA) is 80.2 Å². The molecule has 0 radical (unpaired) electrons. The predicted octanol–water partition coefficient (Wildman–Crippen LogP) is 2.97. The Kier molecular flexibility index (Phi) is 5.93. The van der Waals surface area contributed by atoms with Crippen LogP contribution >= 0.6 is 24.0 Å². The standard InChI is InChI=1S/C17H18ClN5O2.ClH/c1-23-7-6-19-9-14(23)16-21-15(25-22-16)8-13-10-24-17(20-13)11-2-4-12(18)5-3-11;/h2-5,10,14,19H,6-9H2,1H3;1H. The second-order valence-electron chi connectivity index (χ2n) is 6.07. The number of nitrogens with zero attached hydrogens (tertiary/aromatic N) is 4. The third kappa shape index (κ3) is 4.07. The van der Waals surface area contributed by atoms with Crippen LogP contribution in [0.15, 0.2) is 39.5 Å². The highest BCUT2D eigenvalue weighted by Crippen LogP contribution is 2.22. The van der Waals surface area contributed by atoms with Crippen LogP contribution in [0.5, 0.6) is 0 Å². The van der Waals surface area contributed by atoms with E-state index in [9.17, 15) is 0 Å². The van der Waals surface area contributed by atoms with E-state index in [-0.39, 0.29) is 18.4 Å². The highest BCUT2D eigenvalue weighted by molar-refractivity contribution is 6.30. The van der Waals surface area contributed by atoms with Crippen LogP contribution in [0.3, 0.4) is 0 Å². The summed E-state index contributed by atoms with van der Waals surface area (Å²) in [6, 6.07) is 7.48. The van der Waals surface area contributed by atoms with Crippen LogP contribution in [0.1, 0.15) is 23.5 Å². The predicted molar refractivity (Wildman–Crippen MR) is 99.5 cm³/mol. The van der Waals surface area contributed by atoms with Crippen molar-refractivity contribution in [1.82, 2.24) is 25.3 Å². The number of halogens is 2. The van der Waals surface area contributed by atoms with Crippen molar-refractivity contribution in [2.24, 2.45) is 0 Å². The van der Waals surface area contributed by atoms with Gasteiger partial charge < -0.3 is 14.3 Å². The Balaban J connectivity index is 0.00000196. The van der Waals surface area contributed by atoms with E-state index < -0.39 is 0 Å². The molecule has 0 aliphatic carbocycles. The number of benzene rings is 1. The van der Waals surface area contributed by atoms with Crippen LogP contribution in [0.4, 0.5) is 0 Å². The van der Waals surface area contributed by atoms with Crippen molar-refractivity contribution in [2.45, 2.75) is 12.5 Å². The summed E-state index contributed by atoms with van der Waals surface area (Å²) in [5.41, 5.74) is 1.62. The summed E-state index contributed by atoms with van der Waals surface area (Å²) in [5.74, 6) is 1.78.